The van der Waals surface area contributed by atoms with E-state index in [1.807, 2.05) is 76.3 Å². The highest BCUT2D eigenvalue weighted by molar-refractivity contribution is 7.18. The number of carbonyl (C=O) groups excluding carboxylic acids is 1. The molecule has 6 nitrogen and oxygen atoms in total. The van der Waals surface area contributed by atoms with Crippen LogP contribution in [-0.4, -0.2) is 31.7 Å². The second-order valence-corrected chi connectivity index (χ2v) is 9.76. The number of hydrogen-bond donors (Lipinski definition) is 0. The number of likely N-dealkylation sites (tertiary alicyclic amines) is 1. The molecule has 1 amide bonds. The highest BCUT2D eigenvalue weighted by Crippen LogP contribution is 2.37. The quantitative estimate of drug-likeness (QED) is 0.327. The molecule has 5 aromatic rings. The first-order valence-electron chi connectivity index (χ1n) is 11.5. The minimum atomic E-state index is 0.0412. The topological polar surface area (TPSA) is 59.7 Å². The van der Waals surface area contributed by atoms with Crippen molar-refractivity contribution in [2.75, 3.05) is 6.54 Å². The lowest BCUT2D eigenvalue weighted by Crippen LogP contribution is -2.30. The fraction of sp³-hybridized carbons (Fsp3) is 0.222. The zero-order valence-corrected chi connectivity index (χ0v) is 19.7. The Hall–Kier alpha value is -3.71. The molecule has 1 aliphatic heterocycles. The number of imidazole rings is 1. The van der Waals surface area contributed by atoms with Crippen LogP contribution in [0.1, 0.15) is 45.5 Å². The molecule has 0 saturated carbocycles. The SMILES string of the molecule is Cc1ccc2nc(COc3ccc(C(=O)N4CCCC4c4nc5ccccc5s4)cc3)cn2c1. The van der Waals surface area contributed by atoms with E-state index in [0.717, 1.165) is 41.3 Å². The number of fused-ring (bicyclic) bond motifs is 2. The van der Waals surface area contributed by atoms with Crippen molar-refractivity contribution in [2.45, 2.75) is 32.4 Å². The zero-order valence-electron chi connectivity index (χ0n) is 18.8. The van der Waals surface area contributed by atoms with Crippen LogP contribution in [0.4, 0.5) is 0 Å². The summed E-state index contributed by atoms with van der Waals surface area (Å²) in [5.41, 5.74) is 4.62. The minimum absolute atomic E-state index is 0.0412. The number of aromatic nitrogens is 3. The van der Waals surface area contributed by atoms with Crippen molar-refractivity contribution < 1.29 is 9.53 Å². The van der Waals surface area contributed by atoms with E-state index in [1.165, 1.54) is 10.3 Å². The zero-order chi connectivity index (χ0) is 23.1. The van der Waals surface area contributed by atoms with E-state index in [0.29, 0.717) is 17.9 Å². The maximum Gasteiger partial charge on any atom is 0.254 e. The molecule has 1 atom stereocenters. The van der Waals surface area contributed by atoms with E-state index < -0.39 is 0 Å². The van der Waals surface area contributed by atoms with Gasteiger partial charge >= 0.3 is 0 Å². The number of hydrogen-bond acceptors (Lipinski definition) is 5. The van der Waals surface area contributed by atoms with Gasteiger partial charge in [-0.1, -0.05) is 18.2 Å². The number of pyridine rings is 1. The van der Waals surface area contributed by atoms with E-state index in [4.69, 9.17) is 9.72 Å². The second kappa shape index (κ2) is 8.57. The van der Waals surface area contributed by atoms with Gasteiger partial charge in [0.25, 0.3) is 5.91 Å². The van der Waals surface area contributed by atoms with Gasteiger partial charge < -0.3 is 14.0 Å². The summed E-state index contributed by atoms with van der Waals surface area (Å²) in [6.07, 6.45) is 5.97. The Morgan fingerprint density at radius 2 is 1.91 bits per heavy atom. The molecule has 7 heteroatoms. The van der Waals surface area contributed by atoms with Gasteiger partial charge in [0.15, 0.2) is 0 Å². The molecule has 0 bridgehead atoms. The molecular weight excluding hydrogens is 444 g/mol. The molecule has 4 heterocycles. The Kier molecular flexibility index (Phi) is 5.26. The molecular formula is C27H24N4O2S. The lowest BCUT2D eigenvalue weighted by Gasteiger charge is -2.23. The maximum absolute atomic E-state index is 13.3. The van der Waals surface area contributed by atoms with Gasteiger partial charge in [0, 0.05) is 24.5 Å². The van der Waals surface area contributed by atoms with E-state index in [9.17, 15) is 4.79 Å². The average Bonchev–Trinajstić information content (AvgIpc) is 3.59. The van der Waals surface area contributed by atoms with Crippen LogP contribution in [0.25, 0.3) is 15.9 Å². The number of carbonyl (C=O) groups is 1. The fourth-order valence-corrected chi connectivity index (χ4v) is 5.66. The van der Waals surface area contributed by atoms with Gasteiger partial charge in [-0.2, -0.15) is 0 Å². The van der Waals surface area contributed by atoms with Gasteiger partial charge in [0.05, 0.1) is 22.0 Å². The summed E-state index contributed by atoms with van der Waals surface area (Å²) in [5, 5.41) is 1.02. The van der Waals surface area contributed by atoms with Crippen LogP contribution in [-0.2, 0) is 6.61 Å². The molecule has 1 unspecified atom stereocenters. The first kappa shape index (κ1) is 20.9. The predicted octanol–water partition coefficient (Wildman–Crippen LogP) is 5.81. The van der Waals surface area contributed by atoms with Crippen LogP contribution < -0.4 is 4.74 Å². The lowest BCUT2D eigenvalue weighted by molar-refractivity contribution is 0.0735. The molecule has 1 aliphatic rings. The molecule has 170 valence electrons. The summed E-state index contributed by atoms with van der Waals surface area (Å²) in [6, 6.07) is 19.6. The summed E-state index contributed by atoms with van der Waals surface area (Å²) in [4.78, 5) is 24.7. The Morgan fingerprint density at radius 1 is 1.06 bits per heavy atom. The third kappa shape index (κ3) is 3.92. The standard InChI is InChI=1S/C27H24N4O2S/c1-18-8-13-25-28-20(16-30(25)15-18)17-33-21-11-9-19(10-12-21)27(32)31-14-4-6-23(31)26-29-22-5-2-3-7-24(22)34-26/h2-3,5,7-13,15-16,23H,4,6,14,17H2,1H3. The van der Waals surface area contributed by atoms with Gasteiger partial charge in [-0.05, 0) is 67.8 Å². The number of ether oxygens (including phenoxy) is 1. The largest absolute Gasteiger partial charge is 0.487 e. The van der Waals surface area contributed by atoms with Crippen molar-refractivity contribution in [3.8, 4) is 5.75 Å². The molecule has 0 radical (unpaired) electrons. The normalized spacial score (nSPS) is 15.9. The maximum atomic E-state index is 13.3. The minimum Gasteiger partial charge on any atom is -0.487 e. The van der Waals surface area contributed by atoms with Gasteiger partial charge in [0.1, 0.15) is 23.0 Å². The highest BCUT2D eigenvalue weighted by atomic mass is 32.1. The number of rotatable bonds is 5. The Morgan fingerprint density at radius 3 is 2.76 bits per heavy atom. The second-order valence-electron chi connectivity index (χ2n) is 8.69. The molecule has 0 spiro atoms. The number of amides is 1. The van der Waals surface area contributed by atoms with Crippen LogP contribution >= 0.6 is 11.3 Å². The van der Waals surface area contributed by atoms with Crippen molar-refractivity contribution in [3.05, 3.63) is 94.9 Å². The Labute approximate surface area is 201 Å². The molecule has 0 aliphatic carbocycles. The first-order chi connectivity index (χ1) is 16.6. The summed E-state index contributed by atoms with van der Waals surface area (Å²) >= 11 is 1.69. The molecule has 1 saturated heterocycles. The van der Waals surface area contributed by atoms with Crippen molar-refractivity contribution in [1.82, 2.24) is 19.3 Å². The van der Waals surface area contributed by atoms with E-state index >= 15 is 0 Å². The summed E-state index contributed by atoms with van der Waals surface area (Å²) < 4.78 is 9.10. The average molecular weight is 469 g/mol. The van der Waals surface area contributed by atoms with Gasteiger partial charge in [-0.25, -0.2) is 9.97 Å². The number of nitrogens with zero attached hydrogens (tertiary/aromatic N) is 4. The Bertz CT molecular complexity index is 1450. The van der Waals surface area contributed by atoms with E-state index in [1.54, 1.807) is 11.3 Å². The van der Waals surface area contributed by atoms with Gasteiger partial charge in [-0.15, -0.1) is 11.3 Å². The summed E-state index contributed by atoms with van der Waals surface area (Å²) in [5.74, 6) is 0.762. The van der Waals surface area contributed by atoms with Crippen molar-refractivity contribution in [3.63, 3.8) is 0 Å². The fourth-order valence-electron chi connectivity index (χ4n) is 4.54. The smallest absolute Gasteiger partial charge is 0.254 e. The van der Waals surface area contributed by atoms with E-state index in [-0.39, 0.29) is 11.9 Å². The monoisotopic (exact) mass is 468 g/mol. The Balaban J connectivity index is 1.14. The predicted molar refractivity (Wildman–Crippen MR) is 133 cm³/mol. The number of thiazole rings is 1. The first-order valence-corrected chi connectivity index (χ1v) is 12.3. The molecule has 3 aromatic heterocycles. The third-order valence-electron chi connectivity index (χ3n) is 6.25. The number of aryl methyl sites for hydroxylation is 1. The number of benzene rings is 2. The van der Waals surface area contributed by atoms with Crippen LogP contribution in [0.3, 0.4) is 0 Å². The summed E-state index contributed by atoms with van der Waals surface area (Å²) in [6.45, 7) is 3.19. The van der Waals surface area contributed by atoms with Crippen LogP contribution in [0.5, 0.6) is 5.75 Å². The van der Waals surface area contributed by atoms with Crippen LogP contribution in [0.2, 0.25) is 0 Å². The molecule has 0 N–H and O–H groups in total. The van der Waals surface area contributed by atoms with Crippen LogP contribution in [0, 0.1) is 6.92 Å². The summed E-state index contributed by atoms with van der Waals surface area (Å²) in [7, 11) is 0. The van der Waals surface area contributed by atoms with Crippen LogP contribution in [0.15, 0.2) is 73.1 Å². The van der Waals surface area contributed by atoms with Crippen molar-refractivity contribution in [2.24, 2.45) is 0 Å². The number of para-hydroxylation sites is 1. The van der Waals surface area contributed by atoms with Gasteiger partial charge in [-0.3, -0.25) is 4.79 Å². The molecule has 1 fully saturated rings. The lowest BCUT2D eigenvalue weighted by atomic mass is 10.1. The van der Waals surface area contributed by atoms with E-state index in [2.05, 4.69) is 18.0 Å². The van der Waals surface area contributed by atoms with Crippen molar-refractivity contribution >= 4 is 33.1 Å². The molecule has 34 heavy (non-hydrogen) atoms. The highest BCUT2D eigenvalue weighted by Gasteiger charge is 2.32. The molecule has 2 aromatic carbocycles. The molecule has 6 rings (SSSR count). The van der Waals surface area contributed by atoms with Gasteiger partial charge in [0.2, 0.25) is 0 Å². The third-order valence-corrected chi connectivity index (χ3v) is 7.38. The van der Waals surface area contributed by atoms with Crippen molar-refractivity contribution in [1.29, 1.82) is 0 Å².